The van der Waals surface area contributed by atoms with Gasteiger partial charge in [-0.1, -0.05) is 193 Å². The Morgan fingerprint density at radius 3 is 1.28 bits per heavy atom. The lowest BCUT2D eigenvalue weighted by atomic mass is 10.1. The Hall–Kier alpha value is -4.45. The van der Waals surface area contributed by atoms with Crippen molar-refractivity contribution in [3.05, 3.63) is 134 Å². The molecule has 0 heterocycles. The van der Waals surface area contributed by atoms with Crippen molar-refractivity contribution < 1.29 is 28.6 Å². The molecule has 0 bridgehead atoms. The van der Waals surface area contributed by atoms with Crippen LogP contribution in [-0.4, -0.2) is 37.2 Å². The van der Waals surface area contributed by atoms with Crippen molar-refractivity contribution in [2.45, 2.75) is 175 Å². The molecule has 0 N–H and O–H groups in total. The first-order chi connectivity index (χ1) is 29.5. The van der Waals surface area contributed by atoms with Gasteiger partial charge in [0, 0.05) is 19.3 Å². The molecule has 6 heteroatoms. The van der Waals surface area contributed by atoms with Gasteiger partial charge >= 0.3 is 17.9 Å². The number of esters is 3. The summed E-state index contributed by atoms with van der Waals surface area (Å²) in [5, 5.41) is 0. The van der Waals surface area contributed by atoms with Crippen LogP contribution >= 0.6 is 0 Å². The van der Waals surface area contributed by atoms with Crippen LogP contribution in [-0.2, 0) is 28.6 Å². The van der Waals surface area contributed by atoms with Crippen LogP contribution < -0.4 is 0 Å². The largest absolute Gasteiger partial charge is 0.462 e. The summed E-state index contributed by atoms with van der Waals surface area (Å²) < 4.78 is 16.5. The van der Waals surface area contributed by atoms with Crippen LogP contribution in [0.15, 0.2) is 134 Å². The van der Waals surface area contributed by atoms with Crippen molar-refractivity contribution in [2.75, 3.05) is 13.2 Å². The van der Waals surface area contributed by atoms with Crippen LogP contribution in [0, 0.1) is 0 Å². The van der Waals surface area contributed by atoms with Gasteiger partial charge in [-0.25, -0.2) is 0 Å². The van der Waals surface area contributed by atoms with Crippen molar-refractivity contribution in [1.82, 2.24) is 0 Å². The Morgan fingerprint density at radius 2 is 0.767 bits per heavy atom. The van der Waals surface area contributed by atoms with Gasteiger partial charge in [0.15, 0.2) is 6.10 Å². The van der Waals surface area contributed by atoms with Crippen LogP contribution in [0.1, 0.15) is 168 Å². The van der Waals surface area contributed by atoms with Crippen LogP contribution in [0.2, 0.25) is 0 Å². The molecule has 0 amide bonds. The zero-order valence-corrected chi connectivity index (χ0v) is 37.9. The number of carbonyl (C=O) groups excluding carboxylic acids is 3. The van der Waals surface area contributed by atoms with Gasteiger partial charge in [-0.3, -0.25) is 14.4 Å². The summed E-state index contributed by atoms with van der Waals surface area (Å²) in [6.07, 6.45) is 66.0. The fourth-order valence-corrected chi connectivity index (χ4v) is 5.55. The quantitative estimate of drug-likeness (QED) is 0.0202. The maximum atomic E-state index is 12.7. The molecule has 0 saturated carbocycles. The number of hydrogen-bond donors (Lipinski definition) is 0. The minimum Gasteiger partial charge on any atom is -0.462 e. The van der Waals surface area contributed by atoms with Gasteiger partial charge in [-0.05, 0) is 89.9 Å². The van der Waals surface area contributed by atoms with Gasteiger partial charge < -0.3 is 14.2 Å². The third-order valence-electron chi connectivity index (χ3n) is 8.99. The van der Waals surface area contributed by atoms with E-state index in [1.807, 2.05) is 54.7 Å². The second-order valence-corrected chi connectivity index (χ2v) is 14.6. The molecule has 334 valence electrons. The number of carbonyl (C=O) groups is 3. The van der Waals surface area contributed by atoms with Gasteiger partial charge in [-0.2, -0.15) is 0 Å². The molecule has 0 aliphatic carbocycles. The van der Waals surface area contributed by atoms with Gasteiger partial charge in [-0.15, -0.1) is 0 Å². The molecule has 0 aromatic rings. The molecule has 0 spiro atoms. The molecule has 0 aromatic carbocycles. The number of allylic oxidation sites excluding steroid dienone is 22. The molecular formula is C54H82O6. The van der Waals surface area contributed by atoms with Crippen molar-refractivity contribution in [2.24, 2.45) is 0 Å². The third-order valence-corrected chi connectivity index (χ3v) is 8.99. The van der Waals surface area contributed by atoms with Crippen LogP contribution in [0.5, 0.6) is 0 Å². The van der Waals surface area contributed by atoms with E-state index < -0.39 is 6.10 Å². The molecular weight excluding hydrogens is 745 g/mol. The highest BCUT2D eigenvalue weighted by molar-refractivity contribution is 5.71. The van der Waals surface area contributed by atoms with Crippen molar-refractivity contribution in [3.63, 3.8) is 0 Å². The van der Waals surface area contributed by atoms with E-state index in [4.69, 9.17) is 14.2 Å². The van der Waals surface area contributed by atoms with E-state index in [1.165, 1.54) is 38.5 Å². The second-order valence-electron chi connectivity index (χ2n) is 14.6. The first-order valence-corrected chi connectivity index (χ1v) is 23.2. The smallest absolute Gasteiger partial charge is 0.306 e. The van der Waals surface area contributed by atoms with Gasteiger partial charge in [0.05, 0.1) is 0 Å². The average Bonchev–Trinajstić information content (AvgIpc) is 3.24. The van der Waals surface area contributed by atoms with Crippen molar-refractivity contribution in [3.8, 4) is 0 Å². The van der Waals surface area contributed by atoms with E-state index in [0.29, 0.717) is 19.3 Å². The first-order valence-electron chi connectivity index (χ1n) is 23.2. The highest BCUT2D eigenvalue weighted by Gasteiger charge is 2.19. The predicted molar refractivity (Wildman–Crippen MR) is 256 cm³/mol. The number of rotatable bonds is 39. The van der Waals surface area contributed by atoms with E-state index in [9.17, 15) is 14.4 Å². The van der Waals surface area contributed by atoms with E-state index in [1.54, 1.807) is 0 Å². The first kappa shape index (κ1) is 55.5. The van der Waals surface area contributed by atoms with Crippen LogP contribution in [0.4, 0.5) is 0 Å². The second kappa shape index (κ2) is 47.2. The number of hydrogen-bond acceptors (Lipinski definition) is 6. The molecule has 1 atom stereocenters. The topological polar surface area (TPSA) is 78.9 Å². The lowest BCUT2D eigenvalue weighted by Gasteiger charge is -2.18. The minimum absolute atomic E-state index is 0.153. The summed E-state index contributed by atoms with van der Waals surface area (Å²) >= 11 is 0. The molecule has 1 unspecified atom stereocenters. The summed E-state index contributed by atoms with van der Waals surface area (Å²) in [5.41, 5.74) is 0. The van der Waals surface area contributed by atoms with E-state index >= 15 is 0 Å². The monoisotopic (exact) mass is 827 g/mol. The van der Waals surface area contributed by atoms with Gasteiger partial charge in [0.25, 0.3) is 0 Å². The predicted octanol–water partition coefficient (Wildman–Crippen LogP) is 15.1. The lowest BCUT2D eigenvalue weighted by molar-refractivity contribution is -0.166. The molecule has 0 fully saturated rings. The fourth-order valence-electron chi connectivity index (χ4n) is 5.55. The van der Waals surface area contributed by atoms with E-state index in [-0.39, 0.29) is 50.4 Å². The Morgan fingerprint density at radius 1 is 0.367 bits per heavy atom. The Balaban J connectivity index is 4.66. The lowest BCUT2D eigenvalue weighted by Crippen LogP contribution is -2.30. The molecule has 0 aromatic heterocycles. The molecule has 0 aliphatic rings. The molecule has 0 rings (SSSR count). The van der Waals surface area contributed by atoms with Gasteiger partial charge in [0.2, 0.25) is 0 Å². The highest BCUT2D eigenvalue weighted by atomic mass is 16.6. The number of unbranched alkanes of at least 4 members (excludes halogenated alkanes) is 9. The normalized spacial score (nSPS) is 13.3. The Bertz CT molecular complexity index is 1370. The van der Waals surface area contributed by atoms with Crippen LogP contribution in [0.25, 0.3) is 0 Å². The molecule has 0 saturated heterocycles. The zero-order valence-electron chi connectivity index (χ0n) is 37.9. The third kappa shape index (κ3) is 44.6. The Labute approximate surface area is 366 Å². The summed E-state index contributed by atoms with van der Waals surface area (Å²) in [6, 6.07) is 0. The fraction of sp³-hybridized carbons (Fsp3) is 0.537. The van der Waals surface area contributed by atoms with Gasteiger partial charge in [0.1, 0.15) is 13.2 Å². The molecule has 6 nitrogen and oxygen atoms in total. The molecule has 0 radical (unpaired) electrons. The summed E-state index contributed by atoms with van der Waals surface area (Å²) in [4.78, 5) is 37.7. The maximum Gasteiger partial charge on any atom is 0.306 e. The van der Waals surface area contributed by atoms with Crippen molar-refractivity contribution in [1.29, 1.82) is 0 Å². The average molecular weight is 827 g/mol. The van der Waals surface area contributed by atoms with Crippen LogP contribution in [0.3, 0.4) is 0 Å². The zero-order chi connectivity index (χ0) is 43.7. The standard InChI is InChI=1S/C54H82O6/c1-4-7-10-13-16-19-22-25-26-27-30-32-35-38-41-44-47-53(56)59-50-51(60-54(57)48-45-42-39-36-33-29-24-21-18-15-12-9-6-3)49-58-52(55)46-43-40-37-34-31-28-23-20-17-14-11-8-5-2/h7,9-10,12,15-16,18-19,21,24-26,28-33,37-38,40-41,51H,4-6,8,11,13-14,17,20,22-23,27,34-36,39,42-50H2,1-3H3/b10-7+,12-9+,18-15+,19-16+,24-21+,26-25+,31-28+,32-30+,33-29+,40-37+,41-38+. The Kier molecular flexibility index (Phi) is 43.7. The summed E-state index contributed by atoms with van der Waals surface area (Å²) in [6.45, 7) is 6.18. The highest BCUT2D eigenvalue weighted by Crippen LogP contribution is 2.10. The molecule has 60 heavy (non-hydrogen) atoms. The van der Waals surface area contributed by atoms with E-state index in [0.717, 1.165) is 70.6 Å². The van der Waals surface area contributed by atoms with E-state index in [2.05, 4.69) is 99.8 Å². The SMILES string of the molecule is CC/C=C/C=C/C=C/C=C/CCCCCC(=O)OC(COC(=O)CC/C=C/C/C=C/C/C=C/C/C=C/C/C=C/CC)COC(=O)CC/C=C/C/C=C/CCCCCCCC. The maximum absolute atomic E-state index is 12.7. The minimum atomic E-state index is -0.854. The summed E-state index contributed by atoms with van der Waals surface area (Å²) in [7, 11) is 0. The number of ether oxygens (including phenoxy) is 3. The van der Waals surface area contributed by atoms with Crippen molar-refractivity contribution >= 4 is 17.9 Å². The summed E-state index contributed by atoms with van der Waals surface area (Å²) in [5.74, 6) is -1.15. The molecule has 0 aliphatic heterocycles.